The van der Waals surface area contributed by atoms with Crippen molar-refractivity contribution in [2.75, 3.05) is 30.6 Å². The van der Waals surface area contributed by atoms with E-state index in [2.05, 4.69) is 20.3 Å². The SMILES string of the molecule is CCCNc1nc(N)nc2c1ncn2CC(CF)OCP(=O)(O)O. The van der Waals surface area contributed by atoms with Crippen molar-refractivity contribution in [2.45, 2.75) is 26.0 Å². The summed E-state index contributed by atoms with van der Waals surface area (Å²) in [6, 6.07) is 0. The number of nitrogens with two attached hydrogens (primary N) is 1. The molecule has 0 saturated heterocycles. The van der Waals surface area contributed by atoms with E-state index in [9.17, 15) is 8.96 Å². The number of hydrogen-bond donors (Lipinski definition) is 4. The third-order valence-corrected chi connectivity index (χ3v) is 3.56. The molecule has 24 heavy (non-hydrogen) atoms. The van der Waals surface area contributed by atoms with E-state index in [1.54, 1.807) is 0 Å². The predicted molar refractivity (Wildman–Crippen MR) is 86.3 cm³/mol. The van der Waals surface area contributed by atoms with Gasteiger partial charge >= 0.3 is 7.60 Å². The summed E-state index contributed by atoms with van der Waals surface area (Å²) in [5, 5.41) is 3.09. The molecule has 0 aliphatic rings. The third kappa shape index (κ3) is 4.84. The van der Waals surface area contributed by atoms with Crippen LogP contribution in [0, 0.1) is 0 Å². The van der Waals surface area contributed by atoms with E-state index < -0.39 is 26.7 Å². The van der Waals surface area contributed by atoms with Crippen LogP contribution in [0.25, 0.3) is 11.2 Å². The summed E-state index contributed by atoms with van der Waals surface area (Å²) in [6.45, 7) is 1.74. The number of nitrogen functional groups attached to an aromatic ring is 1. The molecule has 0 aliphatic heterocycles. The number of halogens is 1. The smallest absolute Gasteiger partial charge is 0.350 e. The number of alkyl halides is 1. The van der Waals surface area contributed by atoms with Crippen LogP contribution in [0.15, 0.2) is 6.33 Å². The first-order valence-electron chi connectivity index (χ1n) is 7.28. The molecule has 1 atom stereocenters. The van der Waals surface area contributed by atoms with Crippen LogP contribution in [0.1, 0.15) is 13.3 Å². The van der Waals surface area contributed by atoms with Gasteiger partial charge in [-0.25, -0.2) is 9.37 Å². The number of fused-ring (bicyclic) bond motifs is 1. The zero-order valence-electron chi connectivity index (χ0n) is 13.1. The number of aromatic nitrogens is 4. The molecule has 0 spiro atoms. The average molecular weight is 362 g/mol. The largest absolute Gasteiger partial charge is 0.368 e. The summed E-state index contributed by atoms with van der Waals surface area (Å²) >= 11 is 0. The number of rotatable bonds is 9. The Morgan fingerprint density at radius 1 is 1.50 bits per heavy atom. The topological polar surface area (TPSA) is 148 Å². The molecular weight excluding hydrogens is 342 g/mol. The fourth-order valence-corrected chi connectivity index (χ4v) is 2.43. The van der Waals surface area contributed by atoms with Gasteiger partial charge in [0.1, 0.15) is 19.1 Å². The average Bonchev–Trinajstić information content (AvgIpc) is 2.90. The number of nitrogens with one attached hydrogen (secondary N) is 1. The van der Waals surface area contributed by atoms with Gasteiger partial charge in [0.05, 0.1) is 12.9 Å². The summed E-state index contributed by atoms with van der Waals surface area (Å²) in [5.74, 6) is 0.516. The minimum absolute atomic E-state index is 0.0172. The standard InChI is InChI=1S/C12H20FN6O4P/c1-2-3-15-10-9-11(18-12(14)17-10)19(6-16-9)5-8(4-13)23-7-24(20,21)22/h6,8H,2-5,7H2,1H3,(H2,20,21,22)(H3,14,15,17,18). The maximum absolute atomic E-state index is 13.1. The second kappa shape index (κ2) is 7.84. The Kier molecular flexibility index (Phi) is 6.05. The van der Waals surface area contributed by atoms with Gasteiger partial charge in [0, 0.05) is 6.54 Å². The molecule has 5 N–H and O–H groups in total. The van der Waals surface area contributed by atoms with Crippen LogP contribution in [0.4, 0.5) is 16.2 Å². The molecule has 2 heterocycles. The number of hydrogen-bond acceptors (Lipinski definition) is 7. The predicted octanol–water partition coefficient (Wildman–Crippen LogP) is 0.720. The molecule has 0 aromatic carbocycles. The van der Waals surface area contributed by atoms with Crippen LogP contribution in [0.5, 0.6) is 0 Å². The summed E-state index contributed by atoms with van der Waals surface area (Å²) in [7, 11) is -4.37. The van der Waals surface area contributed by atoms with Gasteiger partial charge < -0.3 is 30.1 Å². The van der Waals surface area contributed by atoms with Crippen molar-refractivity contribution in [1.29, 1.82) is 0 Å². The summed E-state index contributed by atoms with van der Waals surface area (Å²) in [4.78, 5) is 30.0. The van der Waals surface area contributed by atoms with Gasteiger partial charge in [0.15, 0.2) is 17.0 Å². The molecule has 2 rings (SSSR count). The van der Waals surface area contributed by atoms with Gasteiger partial charge in [-0.15, -0.1) is 0 Å². The van der Waals surface area contributed by atoms with Crippen LogP contribution < -0.4 is 11.1 Å². The van der Waals surface area contributed by atoms with Crippen molar-refractivity contribution in [3.05, 3.63) is 6.33 Å². The van der Waals surface area contributed by atoms with Gasteiger partial charge in [0.2, 0.25) is 5.95 Å². The molecule has 2 aromatic heterocycles. The van der Waals surface area contributed by atoms with Crippen molar-refractivity contribution in [2.24, 2.45) is 0 Å². The first-order chi connectivity index (χ1) is 11.3. The van der Waals surface area contributed by atoms with Crippen LogP contribution >= 0.6 is 7.60 Å². The molecule has 2 aromatic rings. The Hall–Kier alpha value is -1.81. The van der Waals surface area contributed by atoms with Gasteiger partial charge in [-0.2, -0.15) is 9.97 Å². The van der Waals surface area contributed by atoms with E-state index >= 15 is 0 Å². The maximum Gasteiger partial charge on any atom is 0.350 e. The van der Waals surface area contributed by atoms with E-state index in [0.717, 1.165) is 6.42 Å². The lowest BCUT2D eigenvalue weighted by molar-refractivity contribution is 0.0445. The number of anilines is 2. The van der Waals surface area contributed by atoms with Gasteiger partial charge in [-0.05, 0) is 6.42 Å². The molecule has 1 unspecified atom stereocenters. The fourth-order valence-electron chi connectivity index (χ4n) is 2.03. The Labute approximate surface area is 137 Å². The summed E-state index contributed by atoms with van der Waals surface area (Å²) in [5.41, 5.74) is 6.56. The van der Waals surface area contributed by atoms with Crippen LogP contribution in [0.2, 0.25) is 0 Å². The van der Waals surface area contributed by atoms with E-state index in [0.29, 0.717) is 23.5 Å². The van der Waals surface area contributed by atoms with Crippen molar-refractivity contribution in [3.63, 3.8) is 0 Å². The van der Waals surface area contributed by atoms with Gasteiger partial charge in [-0.3, -0.25) is 4.57 Å². The molecule has 0 aliphatic carbocycles. The summed E-state index contributed by atoms with van der Waals surface area (Å²) in [6.07, 6.45) is 0.415. The number of nitrogens with zero attached hydrogens (tertiary/aromatic N) is 4. The lowest BCUT2D eigenvalue weighted by Crippen LogP contribution is -2.23. The van der Waals surface area contributed by atoms with Crippen LogP contribution in [0.3, 0.4) is 0 Å². The molecule has 0 radical (unpaired) electrons. The van der Waals surface area contributed by atoms with Crippen molar-refractivity contribution < 1.29 is 23.5 Å². The Morgan fingerprint density at radius 2 is 2.25 bits per heavy atom. The normalized spacial score (nSPS) is 13.3. The molecule has 12 heteroatoms. The highest BCUT2D eigenvalue weighted by Gasteiger charge is 2.20. The zero-order valence-corrected chi connectivity index (χ0v) is 14.0. The minimum Gasteiger partial charge on any atom is -0.368 e. The zero-order chi connectivity index (χ0) is 17.7. The highest BCUT2D eigenvalue weighted by atomic mass is 31.2. The minimum atomic E-state index is -4.37. The van der Waals surface area contributed by atoms with Gasteiger partial charge in [0.25, 0.3) is 0 Å². The van der Waals surface area contributed by atoms with E-state index in [-0.39, 0.29) is 12.5 Å². The maximum atomic E-state index is 13.1. The third-order valence-electron chi connectivity index (χ3n) is 3.07. The van der Waals surface area contributed by atoms with Crippen LogP contribution in [-0.2, 0) is 15.8 Å². The lowest BCUT2D eigenvalue weighted by Gasteiger charge is -2.16. The molecule has 0 bridgehead atoms. The van der Waals surface area contributed by atoms with E-state index in [1.165, 1.54) is 10.9 Å². The molecular formula is C12H20FN6O4P. The summed E-state index contributed by atoms with van der Waals surface area (Å²) < 4.78 is 30.3. The molecule has 0 amide bonds. The van der Waals surface area contributed by atoms with E-state index in [4.69, 9.17) is 20.3 Å². The van der Waals surface area contributed by atoms with Crippen LogP contribution in [-0.4, -0.2) is 55.0 Å². The highest BCUT2D eigenvalue weighted by Crippen LogP contribution is 2.34. The van der Waals surface area contributed by atoms with Crippen molar-refractivity contribution >= 4 is 30.5 Å². The van der Waals surface area contributed by atoms with Gasteiger partial charge in [-0.1, -0.05) is 6.92 Å². The Balaban J connectivity index is 2.22. The molecule has 0 saturated carbocycles. The Bertz CT molecular complexity index is 736. The van der Waals surface area contributed by atoms with E-state index in [1.807, 2.05) is 6.92 Å². The first kappa shape index (κ1) is 18.5. The molecule has 0 fully saturated rings. The van der Waals surface area contributed by atoms with Crippen molar-refractivity contribution in [3.8, 4) is 0 Å². The second-order valence-corrected chi connectivity index (χ2v) is 6.75. The second-order valence-electron chi connectivity index (χ2n) is 5.16. The highest BCUT2D eigenvalue weighted by molar-refractivity contribution is 7.51. The monoisotopic (exact) mass is 362 g/mol. The first-order valence-corrected chi connectivity index (χ1v) is 9.08. The quantitative estimate of drug-likeness (QED) is 0.473. The fraction of sp³-hybridized carbons (Fsp3) is 0.583. The van der Waals surface area contributed by atoms with Crippen molar-refractivity contribution in [1.82, 2.24) is 19.5 Å². The number of ether oxygens (including phenoxy) is 1. The lowest BCUT2D eigenvalue weighted by atomic mass is 10.3. The number of imidazole rings is 1. The molecule has 10 nitrogen and oxygen atoms in total. The Morgan fingerprint density at radius 3 is 2.88 bits per heavy atom. The molecule has 134 valence electrons.